The maximum absolute atomic E-state index is 5.33. The zero-order chi connectivity index (χ0) is 16.0. The predicted molar refractivity (Wildman–Crippen MR) is 94.9 cm³/mol. The highest BCUT2D eigenvalue weighted by Crippen LogP contribution is 2.10. The fourth-order valence-corrected chi connectivity index (χ4v) is 2.71. The van der Waals surface area contributed by atoms with Gasteiger partial charge < -0.3 is 15.4 Å². The van der Waals surface area contributed by atoms with E-state index < -0.39 is 0 Å². The molecule has 1 rings (SSSR count). The molecule has 0 spiro atoms. The van der Waals surface area contributed by atoms with E-state index in [0.29, 0.717) is 0 Å². The molecule has 0 aromatic carbocycles. The summed E-state index contributed by atoms with van der Waals surface area (Å²) in [6.45, 7) is 10.4. The summed E-state index contributed by atoms with van der Waals surface area (Å²) in [5.74, 6) is 0.893. The van der Waals surface area contributed by atoms with E-state index >= 15 is 0 Å². The third kappa shape index (κ3) is 8.34. The van der Waals surface area contributed by atoms with Gasteiger partial charge >= 0.3 is 0 Å². The molecule has 0 aliphatic heterocycles. The van der Waals surface area contributed by atoms with Gasteiger partial charge in [-0.1, -0.05) is 6.92 Å². The van der Waals surface area contributed by atoms with E-state index in [1.54, 1.807) is 11.3 Å². The van der Waals surface area contributed by atoms with E-state index in [1.165, 1.54) is 10.7 Å². The average Bonchev–Trinajstić information content (AvgIpc) is 2.98. The molecule has 0 amide bonds. The molecule has 0 saturated heterocycles. The molecular formula is C16H30N4OS. The molecule has 0 fully saturated rings. The lowest BCUT2D eigenvalue weighted by molar-refractivity contribution is 0.144. The highest BCUT2D eigenvalue weighted by atomic mass is 32.1. The lowest BCUT2D eigenvalue weighted by atomic mass is 10.3. The predicted octanol–water partition coefficient (Wildman–Crippen LogP) is 2.62. The summed E-state index contributed by atoms with van der Waals surface area (Å²) in [5.41, 5.74) is 1.17. The van der Waals surface area contributed by atoms with Gasteiger partial charge in [0.15, 0.2) is 5.96 Å². The number of hydrogen-bond acceptors (Lipinski definition) is 4. The van der Waals surface area contributed by atoms with Crippen LogP contribution in [0, 0.1) is 0 Å². The number of unbranched alkanes of at least 4 members (excludes halogenated alkanes) is 1. The summed E-state index contributed by atoms with van der Waals surface area (Å²) in [6.07, 6.45) is 4.08. The number of rotatable bonds is 11. The van der Waals surface area contributed by atoms with Crippen LogP contribution in [0.1, 0.15) is 44.3 Å². The molecule has 1 aromatic heterocycles. The molecule has 1 heterocycles. The first-order chi connectivity index (χ1) is 10.8. The van der Waals surface area contributed by atoms with Gasteiger partial charge in [0, 0.05) is 44.6 Å². The van der Waals surface area contributed by atoms with Crippen LogP contribution in [0.2, 0.25) is 0 Å². The minimum Gasteiger partial charge on any atom is -0.382 e. The van der Waals surface area contributed by atoms with Gasteiger partial charge in [0.25, 0.3) is 0 Å². The van der Waals surface area contributed by atoms with Crippen molar-refractivity contribution in [3.8, 4) is 0 Å². The lowest BCUT2D eigenvalue weighted by Gasteiger charge is -2.10. The summed E-state index contributed by atoms with van der Waals surface area (Å²) in [4.78, 5) is 9.16. The number of guanidine groups is 1. The fraction of sp³-hybridized carbons (Fsp3) is 0.750. The summed E-state index contributed by atoms with van der Waals surface area (Å²) >= 11 is 1.75. The van der Waals surface area contributed by atoms with Crippen LogP contribution < -0.4 is 10.6 Å². The van der Waals surface area contributed by atoms with Crippen molar-refractivity contribution in [2.45, 2.75) is 46.5 Å². The van der Waals surface area contributed by atoms with E-state index in [0.717, 1.165) is 64.5 Å². The standard InChI is InChI=1S/C16H30N4OS/c1-4-15-20-14(13-22-15)9-11-19-16(17-5-2)18-10-7-8-12-21-6-3/h13H,4-12H2,1-3H3,(H2,17,18,19). The van der Waals surface area contributed by atoms with Crippen LogP contribution in [-0.2, 0) is 17.6 Å². The average molecular weight is 327 g/mol. The van der Waals surface area contributed by atoms with Crippen LogP contribution in [0.25, 0.3) is 0 Å². The third-order valence-corrected chi connectivity index (χ3v) is 4.13. The van der Waals surface area contributed by atoms with Crippen molar-refractivity contribution >= 4 is 17.3 Å². The van der Waals surface area contributed by atoms with Gasteiger partial charge in [-0.2, -0.15) is 0 Å². The van der Waals surface area contributed by atoms with Gasteiger partial charge in [-0.15, -0.1) is 11.3 Å². The maximum atomic E-state index is 5.33. The van der Waals surface area contributed by atoms with Gasteiger partial charge in [-0.25, -0.2) is 4.98 Å². The second-order valence-electron chi connectivity index (χ2n) is 4.93. The Labute approximate surface area is 138 Å². The van der Waals surface area contributed by atoms with E-state index in [1.807, 2.05) is 6.92 Å². The Morgan fingerprint density at radius 1 is 1.27 bits per heavy atom. The Balaban J connectivity index is 2.24. The molecule has 0 radical (unpaired) electrons. The normalized spacial score (nSPS) is 11.7. The van der Waals surface area contributed by atoms with Crippen LogP contribution in [0.5, 0.6) is 0 Å². The number of thiazole rings is 1. The minimum absolute atomic E-state index is 0.795. The lowest BCUT2D eigenvalue weighted by Crippen LogP contribution is -2.38. The van der Waals surface area contributed by atoms with Crippen molar-refractivity contribution in [1.29, 1.82) is 0 Å². The van der Waals surface area contributed by atoms with Crippen molar-refractivity contribution in [3.63, 3.8) is 0 Å². The number of aliphatic imine (C=N–C) groups is 1. The van der Waals surface area contributed by atoms with Crippen LogP contribution >= 0.6 is 11.3 Å². The van der Waals surface area contributed by atoms with E-state index in [4.69, 9.17) is 4.74 Å². The van der Waals surface area contributed by atoms with Gasteiger partial charge in [0.05, 0.1) is 10.7 Å². The molecular weight excluding hydrogens is 296 g/mol. The number of nitrogens with one attached hydrogen (secondary N) is 2. The highest BCUT2D eigenvalue weighted by molar-refractivity contribution is 7.09. The molecule has 0 saturated carbocycles. The topological polar surface area (TPSA) is 58.5 Å². The summed E-state index contributed by atoms with van der Waals surface area (Å²) in [7, 11) is 0. The summed E-state index contributed by atoms with van der Waals surface area (Å²) in [6, 6.07) is 0. The number of aryl methyl sites for hydroxylation is 1. The van der Waals surface area contributed by atoms with Crippen molar-refractivity contribution in [3.05, 3.63) is 16.1 Å². The Morgan fingerprint density at radius 3 is 2.82 bits per heavy atom. The van der Waals surface area contributed by atoms with E-state index in [2.05, 4.69) is 39.8 Å². The van der Waals surface area contributed by atoms with E-state index in [9.17, 15) is 0 Å². The number of hydrogen-bond donors (Lipinski definition) is 2. The van der Waals surface area contributed by atoms with Crippen molar-refractivity contribution < 1.29 is 4.74 Å². The summed E-state index contributed by atoms with van der Waals surface area (Å²) < 4.78 is 5.33. The SMILES string of the molecule is CCNC(=NCCCCOCC)NCCc1csc(CC)n1. The van der Waals surface area contributed by atoms with Crippen molar-refractivity contribution in [2.24, 2.45) is 4.99 Å². The molecule has 0 aliphatic carbocycles. The van der Waals surface area contributed by atoms with Gasteiger partial charge in [-0.3, -0.25) is 4.99 Å². The Morgan fingerprint density at radius 2 is 2.14 bits per heavy atom. The largest absolute Gasteiger partial charge is 0.382 e. The summed E-state index contributed by atoms with van der Waals surface area (Å²) in [5, 5.41) is 10.0. The fourth-order valence-electron chi connectivity index (χ4n) is 1.93. The van der Waals surface area contributed by atoms with Crippen LogP contribution in [0.4, 0.5) is 0 Å². The molecule has 22 heavy (non-hydrogen) atoms. The van der Waals surface area contributed by atoms with Crippen molar-refractivity contribution in [2.75, 3.05) is 32.8 Å². The van der Waals surface area contributed by atoms with Crippen LogP contribution in [-0.4, -0.2) is 43.8 Å². The highest BCUT2D eigenvalue weighted by Gasteiger charge is 2.01. The second-order valence-corrected chi connectivity index (χ2v) is 5.87. The minimum atomic E-state index is 0.795. The molecule has 1 aromatic rings. The zero-order valence-corrected chi connectivity index (χ0v) is 15.0. The molecule has 2 N–H and O–H groups in total. The molecule has 126 valence electrons. The van der Waals surface area contributed by atoms with E-state index in [-0.39, 0.29) is 0 Å². The quantitative estimate of drug-likeness (QED) is 0.373. The van der Waals surface area contributed by atoms with Gasteiger partial charge in [0.1, 0.15) is 0 Å². The molecule has 0 aliphatic rings. The smallest absolute Gasteiger partial charge is 0.191 e. The molecule has 0 atom stereocenters. The Kier molecular flexibility index (Phi) is 10.7. The molecule has 0 bridgehead atoms. The van der Waals surface area contributed by atoms with Gasteiger partial charge in [0.2, 0.25) is 0 Å². The van der Waals surface area contributed by atoms with Gasteiger partial charge in [-0.05, 0) is 33.1 Å². The zero-order valence-electron chi connectivity index (χ0n) is 14.2. The first-order valence-corrected chi connectivity index (χ1v) is 9.21. The number of nitrogens with zero attached hydrogens (tertiary/aromatic N) is 2. The molecule has 6 heteroatoms. The monoisotopic (exact) mass is 326 g/mol. The molecule has 0 unspecified atom stereocenters. The third-order valence-electron chi connectivity index (χ3n) is 3.09. The number of aromatic nitrogens is 1. The Bertz CT molecular complexity index is 420. The first-order valence-electron chi connectivity index (χ1n) is 8.33. The van der Waals surface area contributed by atoms with Crippen LogP contribution in [0.3, 0.4) is 0 Å². The molecule has 5 nitrogen and oxygen atoms in total. The Hall–Kier alpha value is -1.14. The van der Waals surface area contributed by atoms with Crippen molar-refractivity contribution in [1.82, 2.24) is 15.6 Å². The number of ether oxygens (including phenoxy) is 1. The maximum Gasteiger partial charge on any atom is 0.191 e. The van der Waals surface area contributed by atoms with Crippen LogP contribution in [0.15, 0.2) is 10.4 Å². The second kappa shape index (κ2) is 12.4. The first kappa shape index (κ1) is 18.9.